The molecule has 2 nitrogen and oxygen atoms in total. The summed E-state index contributed by atoms with van der Waals surface area (Å²) in [6, 6.07) is 11.4. The number of likely N-dealkylation sites (tertiary alicyclic amines) is 1. The summed E-state index contributed by atoms with van der Waals surface area (Å²) >= 11 is 0. The van der Waals surface area contributed by atoms with Crippen LogP contribution in [0, 0.1) is 0 Å². The van der Waals surface area contributed by atoms with Crippen molar-refractivity contribution in [1.29, 1.82) is 0 Å². The zero-order valence-corrected chi connectivity index (χ0v) is 8.74. The Hall–Kier alpha value is -0.860. The van der Waals surface area contributed by atoms with Crippen LogP contribution in [-0.4, -0.2) is 31.1 Å². The summed E-state index contributed by atoms with van der Waals surface area (Å²) in [6.45, 7) is 3.50. The van der Waals surface area contributed by atoms with E-state index in [0.29, 0.717) is 6.04 Å². The minimum absolute atomic E-state index is 0.693. The molecule has 1 saturated heterocycles. The molecular weight excluding hydrogens is 172 g/mol. The van der Waals surface area contributed by atoms with E-state index in [1.54, 1.807) is 0 Å². The minimum atomic E-state index is 0.693. The van der Waals surface area contributed by atoms with Crippen LogP contribution < -0.4 is 5.32 Å². The minimum Gasteiger partial charge on any atom is -0.316 e. The molecule has 0 unspecified atom stereocenters. The highest BCUT2D eigenvalue weighted by Crippen LogP contribution is 2.12. The molecule has 1 aromatic rings. The first-order valence-corrected chi connectivity index (χ1v) is 5.32. The number of hydrogen-bond acceptors (Lipinski definition) is 2. The Balaban J connectivity index is 1.88. The lowest BCUT2D eigenvalue weighted by atomic mass is 10.2. The van der Waals surface area contributed by atoms with E-state index >= 15 is 0 Å². The second-order valence-electron chi connectivity index (χ2n) is 3.99. The maximum atomic E-state index is 3.34. The maximum Gasteiger partial charge on any atom is 0.0234 e. The number of likely N-dealkylation sites (N-methyl/N-ethyl adjacent to an activating group) is 1. The van der Waals surface area contributed by atoms with Crippen molar-refractivity contribution in [3.8, 4) is 0 Å². The summed E-state index contributed by atoms with van der Waals surface area (Å²) in [7, 11) is 2.05. The summed E-state index contributed by atoms with van der Waals surface area (Å²) < 4.78 is 0. The van der Waals surface area contributed by atoms with Crippen LogP contribution in [-0.2, 0) is 6.54 Å². The molecule has 0 aromatic heterocycles. The van der Waals surface area contributed by atoms with Gasteiger partial charge in [-0.2, -0.15) is 0 Å². The Kier molecular flexibility index (Phi) is 3.17. The van der Waals surface area contributed by atoms with E-state index in [9.17, 15) is 0 Å². The lowest BCUT2D eigenvalue weighted by Gasteiger charge is -2.15. The fraction of sp³-hybridized carbons (Fsp3) is 0.500. The van der Waals surface area contributed by atoms with E-state index in [1.165, 1.54) is 25.1 Å². The summed E-state index contributed by atoms with van der Waals surface area (Å²) in [4.78, 5) is 2.51. The summed E-state index contributed by atoms with van der Waals surface area (Å²) in [5.74, 6) is 0. The Labute approximate surface area is 85.9 Å². The van der Waals surface area contributed by atoms with E-state index in [0.717, 1.165) is 6.54 Å². The molecule has 1 aliphatic heterocycles. The van der Waals surface area contributed by atoms with Crippen LogP contribution in [0.1, 0.15) is 12.0 Å². The van der Waals surface area contributed by atoms with Crippen molar-refractivity contribution >= 4 is 0 Å². The monoisotopic (exact) mass is 190 g/mol. The van der Waals surface area contributed by atoms with Gasteiger partial charge in [-0.15, -0.1) is 0 Å². The van der Waals surface area contributed by atoms with Crippen LogP contribution >= 0.6 is 0 Å². The Morgan fingerprint density at radius 3 is 2.79 bits per heavy atom. The molecule has 0 radical (unpaired) electrons. The third-order valence-electron chi connectivity index (χ3n) is 2.93. The number of hydrogen-bond donors (Lipinski definition) is 1. The van der Waals surface area contributed by atoms with Gasteiger partial charge in [0.15, 0.2) is 0 Å². The standard InChI is InChI=1S/C12H18N2/c1-13-12-7-8-14(10-12)9-11-5-3-2-4-6-11/h2-6,12-13H,7-10H2,1H3/t12-/m0/s1. The Morgan fingerprint density at radius 2 is 2.14 bits per heavy atom. The SMILES string of the molecule is CN[C@H]1CCN(Cc2ccccc2)C1. The van der Waals surface area contributed by atoms with Gasteiger partial charge in [0, 0.05) is 25.7 Å². The molecule has 2 rings (SSSR count). The molecule has 1 aromatic carbocycles. The number of nitrogens with zero attached hydrogens (tertiary/aromatic N) is 1. The number of nitrogens with one attached hydrogen (secondary N) is 1. The quantitative estimate of drug-likeness (QED) is 0.776. The van der Waals surface area contributed by atoms with Gasteiger partial charge in [0.05, 0.1) is 0 Å². The fourth-order valence-corrected chi connectivity index (χ4v) is 2.05. The molecule has 0 aliphatic carbocycles. The first-order valence-electron chi connectivity index (χ1n) is 5.32. The lowest BCUT2D eigenvalue weighted by Crippen LogP contribution is -2.29. The van der Waals surface area contributed by atoms with Crippen molar-refractivity contribution in [2.75, 3.05) is 20.1 Å². The van der Waals surface area contributed by atoms with Gasteiger partial charge in [-0.3, -0.25) is 4.90 Å². The van der Waals surface area contributed by atoms with Crippen molar-refractivity contribution in [2.24, 2.45) is 0 Å². The molecule has 1 N–H and O–H groups in total. The van der Waals surface area contributed by atoms with Crippen molar-refractivity contribution < 1.29 is 0 Å². The number of benzene rings is 1. The van der Waals surface area contributed by atoms with Gasteiger partial charge in [-0.05, 0) is 19.0 Å². The van der Waals surface area contributed by atoms with Crippen molar-refractivity contribution in [3.05, 3.63) is 35.9 Å². The maximum absolute atomic E-state index is 3.34. The van der Waals surface area contributed by atoms with Gasteiger partial charge >= 0.3 is 0 Å². The third kappa shape index (κ3) is 2.34. The molecule has 0 amide bonds. The van der Waals surface area contributed by atoms with Crippen LogP contribution in [0.15, 0.2) is 30.3 Å². The second-order valence-corrected chi connectivity index (χ2v) is 3.99. The normalized spacial score (nSPS) is 22.8. The van der Waals surface area contributed by atoms with Crippen LogP contribution in [0.2, 0.25) is 0 Å². The predicted octanol–water partition coefficient (Wildman–Crippen LogP) is 1.48. The molecule has 1 atom stereocenters. The first kappa shape index (κ1) is 9.69. The molecule has 0 bridgehead atoms. The van der Waals surface area contributed by atoms with Crippen molar-refractivity contribution in [3.63, 3.8) is 0 Å². The van der Waals surface area contributed by atoms with Gasteiger partial charge in [0.25, 0.3) is 0 Å². The Morgan fingerprint density at radius 1 is 1.36 bits per heavy atom. The van der Waals surface area contributed by atoms with Crippen molar-refractivity contribution in [2.45, 2.75) is 19.0 Å². The molecule has 0 spiro atoms. The topological polar surface area (TPSA) is 15.3 Å². The fourth-order valence-electron chi connectivity index (χ4n) is 2.05. The molecule has 76 valence electrons. The highest BCUT2D eigenvalue weighted by Gasteiger charge is 2.20. The molecule has 1 aliphatic rings. The summed E-state index contributed by atoms with van der Waals surface area (Å²) in [6.07, 6.45) is 1.28. The smallest absolute Gasteiger partial charge is 0.0234 e. The van der Waals surface area contributed by atoms with E-state index in [-0.39, 0.29) is 0 Å². The number of rotatable bonds is 3. The Bertz CT molecular complexity index is 271. The molecule has 14 heavy (non-hydrogen) atoms. The van der Waals surface area contributed by atoms with Gasteiger partial charge < -0.3 is 5.32 Å². The zero-order chi connectivity index (χ0) is 9.80. The van der Waals surface area contributed by atoms with Gasteiger partial charge in [0.2, 0.25) is 0 Å². The van der Waals surface area contributed by atoms with E-state index in [4.69, 9.17) is 0 Å². The van der Waals surface area contributed by atoms with Crippen molar-refractivity contribution in [1.82, 2.24) is 10.2 Å². The van der Waals surface area contributed by atoms with E-state index < -0.39 is 0 Å². The van der Waals surface area contributed by atoms with Crippen LogP contribution in [0.5, 0.6) is 0 Å². The van der Waals surface area contributed by atoms with E-state index in [2.05, 4.69) is 47.6 Å². The largest absolute Gasteiger partial charge is 0.316 e. The molecular formula is C12H18N2. The highest BCUT2D eigenvalue weighted by molar-refractivity contribution is 5.14. The molecule has 1 fully saturated rings. The van der Waals surface area contributed by atoms with E-state index in [1.807, 2.05) is 0 Å². The highest BCUT2D eigenvalue weighted by atomic mass is 15.2. The third-order valence-corrected chi connectivity index (χ3v) is 2.93. The van der Waals surface area contributed by atoms with Gasteiger partial charge in [-0.1, -0.05) is 30.3 Å². The lowest BCUT2D eigenvalue weighted by molar-refractivity contribution is 0.322. The van der Waals surface area contributed by atoms with Crippen LogP contribution in [0.25, 0.3) is 0 Å². The molecule has 0 saturated carbocycles. The molecule has 2 heteroatoms. The average Bonchev–Trinajstić information content (AvgIpc) is 2.67. The zero-order valence-electron chi connectivity index (χ0n) is 8.74. The predicted molar refractivity (Wildman–Crippen MR) is 59.2 cm³/mol. The van der Waals surface area contributed by atoms with Gasteiger partial charge in [0.1, 0.15) is 0 Å². The summed E-state index contributed by atoms with van der Waals surface area (Å²) in [5.41, 5.74) is 1.42. The average molecular weight is 190 g/mol. The second kappa shape index (κ2) is 4.58. The van der Waals surface area contributed by atoms with Crippen LogP contribution in [0.4, 0.5) is 0 Å². The summed E-state index contributed by atoms with van der Waals surface area (Å²) in [5, 5.41) is 3.34. The van der Waals surface area contributed by atoms with Crippen LogP contribution in [0.3, 0.4) is 0 Å². The first-order chi connectivity index (χ1) is 6.88. The molecule has 1 heterocycles. The van der Waals surface area contributed by atoms with Gasteiger partial charge in [-0.25, -0.2) is 0 Å².